The van der Waals surface area contributed by atoms with Crippen LogP contribution < -0.4 is 10.2 Å². The van der Waals surface area contributed by atoms with E-state index in [0.29, 0.717) is 12.2 Å². The second kappa shape index (κ2) is 7.92. The van der Waals surface area contributed by atoms with Gasteiger partial charge in [-0.05, 0) is 42.7 Å². The molecular formula is C20H23N3O2. The smallest absolute Gasteiger partial charge is 0.229 e. The van der Waals surface area contributed by atoms with Crippen molar-refractivity contribution in [2.45, 2.75) is 32.6 Å². The highest BCUT2D eigenvalue weighted by atomic mass is 16.2. The van der Waals surface area contributed by atoms with Crippen LogP contribution in [0.25, 0.3) is 0 Å². The summed E-state index contributed by atoms with van der Waals surface area (Å²) in [5.41, 5.74) is 2.85. The van der Waals surface area contributed by atoms with Gasteiger partial charge in [-0.25, -0.2) is 0 Å². The van der Waals surface area contributed by atoms with Crippen LogP contribution in [0.1, 0.15) is 31.7 Å². The summed E-state index contributed by atoms with van der Waals surface area (Å²) in [6.07, 6.45) is 6.89. The summed E-state index contributed by atoms with van der Waals surface area (Å²) in [5, 5.41) is 2.85. The molecule has 5 nitrogen and oxygen atoms in total. The highest BCUT2D eigenvalue weighted by Crippen LogP contribution is 2.26. The van der Waals surface area contributed by atoms with Crippen molar-refractivity contribution in [3.05, 3.63) is 54.4 Å². The Kier molecular flexibility index (Phi) is 5.43. The summed E-state index contributed by atoms with van der Waals surface area (Å²) in [5.74, 6) is -0.460. The van der Waals surface area contributed by atoms with E-state index in [1.807, 2.05) is 12.1 Å². The highest BCUT2D eigenvalue weighted by Gasteiger charge is 2.35. The van der Waals surface area contributed by atoms with Crippen LogP contribution in [-0.4, -0.2) is 23.3 Å². The number of carbonyl (C=O) groups is 2. The van der Waals surface area contributed by atoms with E-state index in [2.05, 4.69) is 29.4 Å². The minimum absolute atomic E-state index is 0.00353. The van der Waals surface area contributed by atoms with Gasteiger partial charge in [0.1, 0.15) is 0 Å². The van der Waals surface area contributed by atoms with Crippen molar-refractivity contribution >= 4 is 23.2 Å². The van der Waals surface area contributed by atoms with Gasteiger partial charge in [0, 0.05) is 36.7 Å². The molecular weight excluding hydrogens is 314 g/mol. The third-order valence-corrected chi connectivity index (χ3v) is 4.51. The van der Waals surface area contributed by atoms with E-state index in [-0.39, 0.29) is 24.2 Å². The van der Waals surface area contributed by atoms with Crippen molar-refractivity contribution in [3.8, 4) is 0 Å². The molecule has 1 aliphatic rings. The summed E-state index contributed by atoms with van der Waals surface area (Å²) in [6.45, 7) is 2.60. The SMILES string of the molecule is CCCCc1ccc(N2CC(C(=O)Nc3ccncc3)CC2=O)cc1. The van der Waals surface area contributed by atoms with Crippen molar-refractivity contribution < 1.29 is 9.59 Å². The minimum Gasteiger partial charge on any atom is -0.326 e. The fourth-order valence-corrected chi connectivity index (χ4v) is 3.04. The first-order chi connectivity index (χ1) is 12.2. The van der Waals surface area contributed by atoms with Crippen LogP contribution in [-0.2, 0) is 16.0 Å². The lowest BCUT2D eigenvalue weighted by Gasteiger charge is -2.17. The summed E-state index contributed by atoms with van der Waals surface area (Å²) in [4.78, 5) is 30.4. The zero-order valence-corrected chi connectivity index (χ0v) is 14.4. The van der Waals surface area contributed by atoms with Gasteiger partial charge < -0.3 is 10.2 Å². The average molecular weight is 337 g/mol. The fraction of sp³-hybridized carbons (Fsp3) is 0.350. The van der Waals surface area contributed by atoms with Crippen LogP contribution in [0.15, 0.2) is 48.8 Å². The molecule has 0 aliphatic carbocycles. The van der Waals surface area contributed by atoms with Gasteiger partial charge in [-0.1, -0.05) is 25.5 Å². The van der Waals surface area contributed by atoms with E-state index in [1.165, 1.54) is 18.4 Å². The predicted octanol–water partition coefficient (Wildman–Crippen LogP) is 3.42. The molecule has 0 saturated carbocycles. The van der Waals surface area contributed by atoms with E-state index in [0.717, 1.165) is 12.1 Å². The quantitative estimate of drug-likeness (QED) is 0.878. The molecule has 1 aromatic carbocycles. The number of hydrogen-bond donors (Lipinski definition) is 1. The summed E-state index contributed by atoms with van der Waals surface area (Å²) in [7, 11) is 0. The van der Waals surface area contributed by atoms with Gasteiger partial charge in [-0.3, -0.25) is 14.6 Å². The highest BCUT2D eigenvalue weighted by molar-refractivity contribution is 6.03. The van der Waals surface area contributed by atoms with Gasteiger partial charge in [0.15, 0.2) is 0 Å². The number of nitrogens with one attached hydrogen (secondary N) is 1. The molecule has 1 aliphatic heterocycles. The monoisotopic (exact) mass is 337 g/mol. The van der Waals surface area contributed by atoms with E-state index >= 15 is 0 Å². The summed E-state index contributed by atoms with van der Waals surface area (Å²) >= 11 is 0. The number of hydrogen-bond acceptors (Lipinski definition) is 3. The Bertz CT molecular complexity index is 728. The number of amides is 2. The normalized spacial score (nSPS) is 16.9. The molecule has 5 heteroatoms. The Morgan fingerprint density at radius 2 is 1.92 bits per heavy atom. The number of rotatable bonds is 6. The molecule has 2 aromatic rings. The molecule has 1 aromatic heterocycles. The molecule has 0 radical (unpaired) electrons. The molecule has 3 rings (SSSR count). The number of nitrogens with zero attached hydrogens (tertiary/aromatic N) is 2. The molecule has 1 saturated heterocycles. The number of anilines is 2. The first-order valence-corrected chi connectivity index (χ1v) is 8.77. The van der Waals surface area contributed by atoms with Crippen molar-refractivity contribution in [2.75, 3.05) is 16.8 Å². The number of carbonyl (C=O) groups excluding carboxylic acids is 2. The van der Waals surface area contributed by atoms with Gasteiger partial charge in [-0.15, -0.1) is 0 Å². The topological polar surface area (TPSA) is 62.3 Å². The molecule has 2 heterocycles. The van der Waals surface area contributed by atoms with E-state index in [1.54, 1.807) is 29.4 Å². The number of aryl methyl sites for hydroxylation is 1. The molecule has 130 valence electrons. The van der Waals surface area contributed by atoms with E-state index < -0.39 is 0 Å². The molecule has 1 N–H and O–H groups in total. The first-order valence-electron chi connectivity index (χ1n) is 8.77. The molecule has 1 atom stereocenters. The van der Waals surface area contributed by atoms with Crippen LogP contribution in [0.2, 0.25) is 0 Å². The van der Waals surface area contributed by atoms with Crippen molar-refractivity contribution in [2.24, 2.45) is 5.92 Å². The lowest BCUT2D eigenvalue weighted by molar-refractivity contribution is -0.122. The maximum atomic E-state index is 12.4. The third kappa shape index (κ3) is 4.24. The Hall–Kier alpha value is -2.69. The van der Waals surface area contributed by atoms with E-state index in [4.69, 9.17) is 0 Å². The zero-order valence-electron chi connectivity index (χ0n) is 14.4. The maximum absolute atomic E-state index is 12.4. The Balaban J connectivity index is 1.63. The first kappa shape index (κ1) is 17.1. The maximum Gasteiger partial charge on any atom is 0.229 e. The number of pyridine rings is 1. The van der Waals surface area contributed by atoms with Crippen molar-refractivity contribution in [3.63, 3.8) is 0 Å². The molecule has 2 amide bonds. The number of aromatic nitrogens is 1. The summed E-state index contributed by atoms with van der Waals surface area (Å²) < 4.78 is 0. The molecule has 0 bridgehead atoms. The van der Waals surface area contributed by atoms with Gasteiger partial charge in [0.2, 0.25) is 11.8 Å². The standard InChI is InChI=1S/C20H23N3O2/c1-2-3-4-15-5-7-18(8-6-15)23-14-16(13-19(23)24)20(25)22-17-9-11-21-12-10-17/h5-12,16H,2-4,13-14H2,1H3,(H,21,22,25). The predicted molar refractivity (Wildman–Crippen MR) is 98.4 cm³/mol. The fourth-order valence-electron chi connectivity index (χ4n) is 3.04. The average Bonchev–Trinajstić information content (AvgIpc) is 3.03. The molecule has 0 spiro atoms. The molecule has 1 fully saturated rings. The van der Waals surface area contributed by atoms with Crippen LogP contribution >= 0.6 is 0 Å². The number of benzene rings is 1. The minimum atomic E-state index is -0.333. The Labute approximate surface area is 148 Å². The Morgan fingerprint density at radius 1 is 1.20 bits per heavy atom. The van der Waals surface area contributed by atoms with Crippen LogP contribution in [0.5, 0.6) is 0 Å². The van der Waals surface area contributed by atoms with Crippen molar-refractivity contribution in [1.29, 1.82) is 0 Å². The van der Waals surface area contributed by atoms with Gasteiger partial charge in [0.25, 0.3) is 0 Å². The third-order valence-electron chi connectivity index (χ3n) is 4.51. The lowest BCUT2D eigenvalue weighted by atomic mass is 10.1. The van der Waals surface area contributed by atoms with Crippen LogP contribution in [0.4, 0.5) is 11.4 Å². The summed E-state index contributed by atoms with van der Waals surface area (Å²) in [6, 6.07) is 11.6. The zero-order chi connectivity index (χ0) is 17.6. The number of unbranched alkanes of at least 4 members (excludes halogenated alkanes) is 1. The van der Waals surface area contributed by atoms with Crippen LogP contribution in [0.3, 0.4) is 0 Å². The van der Waals surface area contributed by atoms with Gasteiger partial charge >= 0.3 is 0 Å². The Morgan fingerprint density at radius 3 is 2.60 bits per heavy atom. The second-order valence-electron chi connectivity index (χ2n) is 6.40. The molecule has 25 heavy (non-hydrogen) atoms. The van der Waals surface area contributed by atoms with E-state index in [9.17, 15) is 9.59 Å². The van der Waals surface area contributed by atoms with Crippen molar-refractivity contribution in [1.82, 2.24) is 4.98 Å². The molecule has 1 unspecified atom stereocenters. The van der Waals surface area contributed by atoms with Gasteiger partial charge in [-0.2, -0.15) is 0 Å². The second-order valence-corrected chi connectivity index (χ2v) is 6.40. The largest absolute Gasteiger partial charge is 0.326 e. The van der Waals surface area contributed by atoms with Gasteiger partial charge in [0.05, 0.1) is 5.92 Å². The lowest BCUT2D eigenvalue weighted by Crippen LogP contribution is -2.28. The van der Waals surface area contributed by atoms with Crippen LogP contribution in [0, 0.1) is 5.92 Å².